The number of ether oxygens (including phenoxy) is 1. The van der Waals surface area contributed by atoms with Crippen molar-refractivity contribution < 1.29 is 9.57 Å². The van der Waals surface area contributed by atoms with Crippen LogP contribution in [0.5, 0.6) is 5.88 Å². The Hall–Kier alpha value is -3.06. The first-order valence-corrected chi connectivity index (χ1v) is 10.3. The number of aromatic nitrogens is 3. The van der Waals surface area contributed by atoms with Gasteiger partial charge in [0.2, 0.25) is 5.88 Å². The summed E-state index contributed by atoms with van der Waals surface area (Å²) in [5.41, 5.74) is 3.50. The van der Waals surface area contributed by atoms with Crippen LogP contribution in [-0.4, -0.2) is 33.6 Å². The van der Waals surface area contributed by atoms with Gasteiger partial charge in [-0.15, -0.1) is 0 Å². The Bertz CT molecular complexity index is 1090. The fourth-order valence-electron chi connectivity index (χ4n) is 3.74. The maximum Gasteiger partial charge on any atom is 0.238 e. The third-order valence-electron chi connectivity index (χ3n) is 5.47. The highest BCUT2D eigenvalue weighted by molar-refractivity contribution is 6.30. The molecule has 0 amide bonds. The number of imidazole rings is 1. The van der Waals surface area contributed by atoms with Gasteiger partial charge in [0.25, 0.3) is 0 Å². The lowest BCUT2D eigenvalue weighted by molar-refractivity contribution is 0.00617. The molecule has 8 heteroatoms. The number of oxime groups is 1. The molecule has 2 atom stereocenters. The Balaban J connectivity index is 1.47. The van der Waals surface area contributed by atoms with Crippen molar-refractivity contribution in [3.8, 4) is 11.6 Å². The normalized spacial score (nSPS) is 20.8. The van der Waals surface area contributed by atoms with Crippen molar-refractivity contribution in [1.29, 1.82) is 0 Å². The first kappa shape index (κ1) is 18.9. The van der Waals surface area contributed by atoms with Gasteiger partial charge >= 0.3 is 0 Å². The van der Waals surface area contributed by atoms with E-state index in [0.29, 0.717) is 28.4 Å². The van der Waals surface area contributed by atoms with Crippen molar-refractivity contribution in [2.24, 2.45) is 11.1 Å². The highest BCUT2D eigenvalue weighted by Crippen LogP contribution is 2.41. The first-order chi connectivity index (χ1) is 14.6. The Morgan fingerprint density at radius 2 is 1.97 bits per heavy atom. The van der Waals surface area contributed by atoms with E-state index in [2.05, 4.69) is 20.4 Å². The minimum Gasteiger partial charge on any atom is -0.479 e. The molecule has 154 valence electrons. The maximum absolute atomic E-state index is 6.08. The summed E-state index contributed by atoms with van der Waals surface area (Å²) >= 11 is 6.08. The molecule has 0 radical (unpaired) electrons. The molecule has 0 spiro atoms. The number of amidine groups is 1. The summed E-state index contributed by atoms with van der Waals surface area (Å²) in [7, 11) is 1.60. The van der Waals surface area contributed by atoms with E-state index in [9.17, 15) is 0 Å². The Labute approximate surface area is 179 Å². The summed E-state index contributed by atoms with van der Waals surface area (Å²) in [5, 5.41) is 8.61. The van der Waals surface area contributed by atoms with Crippen molar-refractivity contribution in [2.75, 3.05) is 7.11 Å². The molecule has 3 aromatic rings. The zero-order valence-corrected chi connectivity index (χ0v) is 17.5. The molecule has 3 heterocycles. The van der Waals surface area contributed by atoms with E-state index in [0.717, 1.165) is 29.8 Å². The van der Waals surface area contributed by atoms with Gasteiger partial charge in [0, 0.05) is 17.1 Å². The zero-order valence-electron chi connectivity index (χ0n) is 16.7. The van der Waals surface area contributed by atoms with E-state index in [4.69, 9.17) is 21.2 Å². The van der Waals surface area contributed by atoms with Crippen molar-refractivity contribution >= 4 is 17.4 Å². The smallest absolute Gasteiger partial charge is 0.238 e. The van der Waals surface area contributed by atoms with Gasteiger partial charge in [-0.3, -0.25) is 0 Å². The lowest BCUT2D eigenvalue weighted by Crippen LogP contribution is -2.43. The Morgan fingerprint density at radius 1 is 1.17 bits per heavy atom. The van der Waals surface area contributed by atoms with Gasteiger partial charge in [-0.05, 0) is 49.6 Å². The van der Waals surface area contributed by atoms with Gasteiger partial charge in [0.1, 0.15) is 11.4 Å². The second-order valence-electron chi connectivity index (χ2n) is 7.67. The number of methoxy groups -OCH3 is 1. The van der Waals surface area contributed by atoms with Gasteiger partial charge in [0.15, 0.2) is 11.9 Å². The summed E-state index contributed by atoms with van der Waals surface area (Å²) in [6, 6.07) is 11.7. The Morgan fingerprint density at radius 3 is 2.63 bits per heavy atom. The molecule has 1 fully saturated rings. The van der Waals surface area contributed by atoms with Crippen molar-refractivity contribution in [2.45, 2.75) is 31.9 Å². The van der Waals surface area contributed by atoms with Crippen LogP contribution in [0.15, 0.2) is 54.1 Å². The third kappa shape index (κ3) is 3.61. The number of pyridine rings is 1. The van der Waals surface area contributed by atoms with Crippen LogP contribution >= 0.6 is 11.6 Å². The van der Waals surface area contributed by atoms with E-state index in [1.54, 1.807) is 13.4 Å². The van der Waals surface area contributed by atoms with E-state index >= 15 is 0 Å². The Kier molecular flexibility index (Phi) is 4.83. The van der Waals surface area contributed by atoms with E-state index < -0.39 is 0 Å². The molecule has 7 nitrogen and oxygen atoms in total. The minimum absolute atomic E-state index is 0.00924. The molecule has 0 unspecified atom stereocenters. The van der Waals surface area contributed by atoms with Gasteiger partial charge in [-0.2, -0.15) is 0 Å². The van der Waals surface area contributed by atoms with Gasteiger partial charge < -0.3 is 19.5 Å². The van der Waals surface area contributed by atoms with Gasteiger partial charge in [-0.1, -0.05) is 28.9 Å². The standard InChI is InChI=1S/C22H22ClN5O2/c1-13-11-28(12-24-13)18-10-9-17(25-22(18)29-2)21-26-19(14-5-7-16(23)8-6-14)20(30-27-21)15-3-4-15/h5-12,15,19-20H,3-4H2,1-2H3,(H,26,27)/t19-,20+/m1/s1. The largest absolute Gasteiger partial charge is 0.479 e. The number of aryl methyl sites for hydroxylation is 1. The fourth-order valence-corrected chi connectivity index (χ4v) is 3.87. The van der Waals surface area contributed by atoms with E-state index in [1.165, 1.54) is 0 Å². The average Bonchev–Trinajstić information content (AvgIpc) is 3.53. The van der Waals surface area contributed by atoms with Crippen LogP contribution < -0.4 is 10.1 Å². The predicted octanol–water partition coefficient (Wildman–Crippen LogP) is 4.04. The molecule has 0 bridgehead atoms. The maximum atomic E-state index is 6.08. The second-order valence-corrected chi connectivity index (χ2v) is 8.10. The van der Waals surface area contributed by atoms with Crippen molar-refractivity contribution in [1.82, 2.24) is 19.9 Å². The number of hydrogen-bond acceptors (Lipinski definition) is 6. The average molecular weight is 424 g/mol. The molecule has 30 heavy (non-hydrogen) atoms. The first-order valence-electron chi connectivity index (χ1n) is 9.94. The topological polar surface area (TPSA) is 73.6 Å². The van der Waals surface area contributed by atoms with Crippen molar-refractivity contribution in [3.63, 3.8) is 0 Å². The molecule has 1 aliphatic carbocycles. The quantitative estimate of drug-likeness (QED) is 0.670. The van der Waals surface area contributed by atoms with Crippen LogP contribution in [0.25, 0.3) is 5.69 Å². The number of nitrogens with zero attached hydrogens (tertiary/aromatic N) is 4. The van der Waals surface area contributed by atoms with Gasteiger partial charge in [-0.25, -0.2) is 9.97 Å². The molecule has 0 saturated heterocycles. The van der Waals surface area contributed by atoms with Crippen LogP contribution in [-0.2, 0) is 4.84 Å². The SMILES string of the molecule is COc1nc(C2=NO[C@@H](C3CC3)[C@@H](c3ccc(Cl)cc3)N2)ccc1-n1cnc(C)c1. The van der Waals surface area contributed by atoms with Gasteiger partial charge in [0.05, 0.1) is 25.2 Å². The lowest BCUT2D eigenvalue weighted by atomic mass is 9.97. The molecule has 1 saturated carbocycles. The molecule has 2 aromatic heterocycles. The number of rotatable bonds is 5. The molecular formula is C22H22ClN5O2. The molecule has 5 rings (SSSR count). The van der Waals surface area contributed by atoms with Crippen LogP contribution in [0, 0.1) is 12.8 Å². The predicted molar refractivity (Wildman–Crippen MR) is 114 cm³/mol. The molecule has 1 aliphatic heterocycles. The zero-order chi connectivity index (χ0) is 20.7. The minimum atomic E-state index is -0.0222. The fraction of sp³-hybridized carbons (Fsp3) is 0.318. The number of halogens is 1. The molecule has 1 aromatic carbocycles. The summed E-state index contributed by atoms with van der Waals surface area (Å²) in [5.74, 6) is 1.58. The number of nitrogens with one attached hydrogen (secondary N) is 1. The highest BCUT2D eigenvalue weighted by Gasteiger charge is 2.42. The monoisotopic (exact) mass is 423 g/mol. The van der Waals surface area contributed by atoms with E-state index in [1.807, 2.05) is 54.1 Å². The van der Waals surface area contributed by atoms with E-state index in [-0.39, 0.29) is 12.1 Å². The van der Waals surface area contributed by atoms with Crippen LogP contribution in [0.1, 0.15) is 35.8 Å². The van der Waals surface area contributed by atoms with Crippen LogP contribution in [0.3, 0.4) is 0 Å². The number of benzene rings is 1. The lowest BCUT2D eigenvalue weighted by Gasteiger charge is -2.32. The summed E-state index contributed by atoms with van der Waals surface area (Å²) < 4.78 is 7.42. The summed E-state index contributed by atoms with van der Waals surface area (Å²) in [6.07, 6.45) is 5.98. The summed E-state index contributed by atoms with van der Waals surface area (Å²) in [4.78, 5) is 14.9. The molecular weight excluding hydrogens is 402 g/mol. The van der Waals surface area contributed by atoms with Crippen LogP contribution in [0.4, 0.5) is 0 Å². The van der Waals surface area contributed by atoms with Crippen molar-refractivity contribution in [3.05, 3.63) is 70.9 Å². The highest BCUT2D eigenvalue weighted by atomic mass is 35.5. The summed E-state index contributed by atoms with van der Waals surface area (Å²) in [6.45, 7) is 1.94. The second kappa shape index (κ2) is 7.65. The molecule has 2 aliphatic rings. The number of hydrogen-bond donors (Lipinski definition) is 1. The van der Waals surface area contributed by atoms with Crippen LogP contribution in [0.2, 0.25) is 5.02 Å². The third-order valence-corrected chi connectivity index (χ3v) is 5.72. The molecule has 1 N–H and O–H groups in total.